The van der Waals surface area contributed by atoms with Crippen LogP contribution in [0.3, 0.4) is 0 Å². The van der Waals surface area contributed by atoms with E-state index in [1.807, 2.05) is 30.3 Å². The summed E-state index contributed by atoms with van der Waals surface area (Å²) in [4.78, 5) is 0. The summed E-state index contributed by atoms with van der Waals surface area (Å²) >= 11 is 0. The van der Waals surface area contributed by atoms with Gasteiger partial charge < -0.3 is 10.2 Å². The topological polar surface area (TPSA) is 33.3 Å². The number of ether oxygens (including phenoxy) is 1. The standard InChI is InChI=1S/C17H21FN2O/c1-2-3-11-21-17-10-9-15(18)12-14(17)13-19-20-16-7-5-4-6-8-16/h4-10,12,19-20H,2-3,11,13H2,1H3. The lowest BCUT2D eigenvalue weighted by Gasteiger charge is -2.13. The van der Waals surface area contributed by atoms with Gasteiger partial charge in [0.25, 0.3) is 0 Å². The van der Waals surface area contributed by atoms with Crippen molar-refractivity contribution in [1.82, 2.24) is 5.43 Å². The highest BCUT2D eigenvalue weighted by atomic mass is 19.1. The van der Waals surface area contributed by atoms with Crippen LogP contribution in [0.5, 0.6) is 5.75 Å². The molecular formula is C17H21FN2O. The summed E-state index contributed by atoms with van der Waals surface area (Å²) in [6, 6.07) is 14.4. The number of hydrogen-bond donors (Lipinski definition) is 2. The predicted octanol–water partition coefficient (Wildman–Crippen LogP) is 4.12. The molecule has 2 aromatic rings. The van der Waals surface area contributed by atoms with Crippen LogP contribution in [-0.4, -0.2) is 6.61 Å². The minimum Gasteiger partial charge on any atom is -0.493 e. The zero-order valence-electron chi connectivity index (χ0n) is 12.2. The molecule has 2 N–H and O–H groups in total. The third-order valence-corrected chi connectivity index (χ3v) is 3.06. The van der Waals surface area contributed by atoms with Crippen LogP contribution in [0.2, 0.25) is 0 Å². The molecule has 0 radical (unpaired) electrons. The molecule has 0 bridgehead atoms. The van der Waals surface area contributed by atoms with Crippen molar-refractivity contribution in [1.29, 1.82) is 0 Å². The van der Waals surface area contributed by atoms with E-state index in [9.17, 15) is 4.39 Å². The Morgan fingerprint density at radius 3 is 2.67 bits per heavy atom. The maximum Gasteiger partial charge on any atom is 0.124 e. The van der Waals surface area contributed by atoms with Gasteiger partial charge in [0, 0.05) is 17.8 Å². The van der Waals surface area contributed by atoms with Crippen molar-refractivity contribution in [2.75, 3.05) is 12.0 Å². The van der Waals surface area contributed by atoms with Crippen molar-refractivity contribution in [3.8, 4) is 5.75 Å². The molecule has 0 aromatic heterocycles. The van der Waals surface area contributed by atoms with Gasteiger partial charge in [-0.2, -0.15) is 0 Å². The molecule has 0 saturated carbocycles. The average molecular weight is 288 g/mol. The summed E-state index contributed by atoms with van der Waals surface area (Å²) in [6.07, 6.45) is 2.07. The second-order valence-corrected chi connectivity index (χ2v) is 4.80. The number of unbranched alkanes of at least 4 members (excludes halogenated alkanes) is 1. The SMILES string of the molecule is CCCCOc1ccc(F)cc1CNNc1ccccc1. The first kappa shape index (κ1) is 15.3. The van der Waals surface area contributed by atoms with Gasteiger partial charge in [-0.3, -0.25) is 0 Å². The molecule has 2 rings (SSSR count). The maximum atomic E-state index is 13.4. The Hall–Kier alpha value is -2.07. The first-order valence-electron chi connectivity index (χ1n) is 7.24. The van der Waals surface area contributed by atoms with Gasteiger partial charge in [0.2, 0.25) is 0 Å². The normalized spacial score (nSPS) is 10.4. The first-order valence-corrected chi connectivity index (χ1v) is 7.24. The summed E-state index contributed by atoms with van der Waals surface area (Å²) in [5.74, 6) is 0.474. The number of hydrazine groups is 1. The highest BCUT2D eigenvalue weighted by Gasteiger charge is 2.05. The molecular weight excluding hydrogens is 267 g/mol. The fourth-order valence-electron chi connectivity index (χ4n) is 1.92. The fraction of sp³-hybridized carbons (Fsp3) is 0.294. The average Bonchev–Trinajstić information content (AvgIpc) is 2.51. The number of para-hydroxylation sites is 1. The van der Waals surface area contributed by atoms with Crippen molar-refractivity contribution in [2.24, 2.45) is 0 Å². The molecule has 2 aromatic carbocycles. The summed E-state index contributed by atoms with van der Waals surface area (Å²) in [5.41, 5.74) is 7.92. The second kappa shape index (κ2) is 8.27. The molecule has 21 heavy (non-hydrogen) atoms. The van der Waals surface area contributed by atoms with Gasteiger partial charge in [0.05, 0.1) is 6.61 Å². The van der Waals surface area contributed by atoms with E-state index in [0.29, 0.717) is 13.2 Å². The summed E-state index contributed by atoms with van der Waals surface area (Å²) in [5, 5.41) is 0. The maximum absolute atomic E-state index is 13.4. The smallest absolute Gasteiger partial charge is 0.124 e. The van der Waals surface area contributed by atoms with Crippen LogP contribution >= 0.6 is 0 Å². The van der Waals surface area contributed by atoms with Crippen LogP contribution in [-0.2, 0) is 6.54 Å². The van der Waals surface area contributed by atoms with Gasteiger partial charge in [0.1, 0.15) is 11.6 Å². The van der Waals surface area contributed by atoms with E-state index in [1.165, 1.54) is 12.1 Å². The molecule has 0 heterocycles. The molecule has 0 aliphatic carbocycles. The van der Waals surface area contributed by atoms with Crippen LogP contribution in [0.1, 0.15) is 25.3 Å². The van der Waals surface area contributed by atoms with Gasteiger partial charge in [-0.15, -0.1) is 0 Å². The molecule has 0 spiro atoms. The summed E-state index contributed by atoms with van der Waals surface area (Å²) in [6.45, 7) is 3.25. The lowest BCUT2D eigenvalue weighted by atomic mass is 10.2. The minimum atomic E-state index is -0.255. The number of halogens is 1. The van der Waals surface area contributed by atoms with E-state index in [1.54, 1.807) is 6.07 Å². The van der Waals surface area contributed by atoms with Crippen LogP contribution in [0.15, 0.2) is 48.5 Å². The van der Waals surface area contributed by atoms with Gasteiger partial charge in [-0.1, -0.05) is 31.5 Å². The van der Waals surface area contributed by atoms with E-state index in [2.05, 4.69) is 17.8 Å². The Bertz CT molecular complexity index is 546. The highest BCUT2D eigenvalue weighted by Crippen LogP contribution is 2.20. The van der Waals surface area contributed by atoms with Gasteiger partial charge in [0.15, 0.2) is 0 Å². The third kappa shape index (κ3) is 5.08. The minimum absolute atomic E-state index is 0.255. The molecule has 0 atom stereocenters. The molecule has 112 valence electrons. The lowest BCUT2D eigenvalue weighted by Crippen LogP contribution is -2.21. The summed E-state index contributed by atoms with van der Waals surface area (Å²) < 4.78 is 19.1. The van der Waals surface area contributed by atoms with Crippen LogP contribution in [0.4, 0.5) is 10.1 Å². The van der Waals surface area contributed by atoms with E-state index >= 15 is 0 Å². The number of hydrogen-bond acceptors (Lipinski definition) is 3. The highest BCUT2D eigenvalue weighted by molar-refractivity contribution is 5.41. The number of rotatable bonds is 8. The van der Waals surface area contributed by atoms with Gasteiger partial charge in [-0.05, 0) is 36.8 Å². The van der Waals surface area contributed by atoms with Gasteiger partial charge >= 0.3 is 0 Å². The zero-order valence-corrected chi connectivity index (χ0v) is 12.2. The van der Waals surface area contributed by atoms with Gasteiger partial charge in [-0.25, -0.2) is 9.82 Å². The number of nitrogens with one attached hydrogen (secondary N) is 2. The quantitative estimate of drug-likeness (QED) is 0.566. The fourth-order valence-corrected chi connectivity index (χ4v) is 1.92. The first-order chi connectivity index (χ1) is 10.3. The lowest BCUT2D eigenvalue weighted by molar-refractivity contribution is 0.305. The molecule has 0 saturated heterocycles. The molecule has 0 aliphatic rings. The summed E-state index contributed by atoms with van der Waals surface area (Å²) in [7, 11) is 0. The van der Waals surface area contributed by atoms with Crippen LogP contribution in [0, 0.1) is 5.82 Å². The second-order valence-electron chi connectivity index (χ2n) is 4.80. The van der Waals surface area contributed by atoms with Crippen molar-refractivity contribution in [3.05, 3.63) is 59.9 Å². The van der Waals surface area contributed by atoms with Crippen LogP contribution < -0.4 is 15.6 Å². The molecule has 0 unspecified atom stereocenters. The van der Waals surface area contributed by atoms with E-state index in [0.717, 1.165) is 29.8 Å². The Labute approximate surface area is 125 Å². The number of anilines is 1. The van der Waals surface area contributed by atoms with Crippen molar-refractivity contribution in [2.45, 2.75) is 26.3 Å². The van der Waals surface area contributed by atoms with Crippen molar-refractivity contribution in [3.63, 3.8) is 0 Å². The van der Waals surface area contributed by atoms with E-state index < -0.39 is 0 Å². The van der Waals surface area contributed by atoms with Crippen molar-refractivity contribution < 1.29 is 9.13 Å². The Balaban J connectivity index is 1.92. The van der Waals surface area contributed by atoms with Crippen LogP contribution in [0.25, 0.3) is 0 Å². The van der Waals surface area contributed by atoms with E-state index in [-0.39, 0.29) is 5.82 Å². The largest absolute Gasteiger partial charge is 0.493 e. The number of benzene rings is 2. The molecule has 4 heteroatoms. The molecule has 0 amide bonds. The Kier molecular flexibility index (Phi) is 6.03. The molecule has 0 fully saturated rings. The molecule has 3 nitrogen and oxygen atoms in total. The van der Waals surface area contributed by atoms with Crippen molar-refractivity contribution >= 4 is 5.69 Å². The van der Waals surface area contributed by atoms with E-state index in [4.69, 9.17) is 4.74 Å². The monoisotopic (exact) mass is 288 g/mol. The third-order valence-electron chi connectivity index (χ3n) is 3.06. The zero-order chi connectivity index (χ0) is 14.9. The Morgan fingerprint density at radius 1 is 1.10 bits per heavy atom. The Morgan fingerprint density at radius 2 is 1.90 bits per heavy atom. The predicted molar refractivity (Wildman–Crippen MR) is 83.7 cm³/mol. The molecule has 0 aliphatic heterocycles.